The summed E-state index contributed by atoms with van der Waals surface area (Å²) in [6.07, 6.45) is -1.49. The molecule has 2 aliphatic heterocycles. The number of rotatable bonds is 18. The number of hydrogen-bond acceptors (Lipinski definition) is 20. The van der Waals surface area contributed by atoms with Crippen LogP contribution in [0.2, 0.25) is 54.4 Å². The maximum atomic E-state index is 10.2. The van der Waals surface area contributed by atoms with E-state index in [1.807, 2.05) is 28.1 Å². The van der Waals surface area contributed by atoms with Crippen molar-refractivity contribution >= 4 is 81.6 Å². The fraction of sp³-hybridized carbons (Fsp3) is 0.640. The van der Waals surface area contributed by atoms with E-state index in [0.717, 1.165) is 6.42 Å². The first-order valence-electron chi connectivity index (χ1n) is 25.5. The molecule has 0 amide bonds. The molecule has 6 aromatic heterocycles. The van der Waals surface area contributed by atoms with Crippen LogP contribution in [0.1, 0.15) is 84.5 Å². The van der Waals surface area contributed by atoms with Gasteiger partial charge in [-0.3, -0.25) is 9.13 Å². The molecule has 2 fully saturated rings. The van der Waals surface area contributed by atoms with Gasteiger partial charge < -0.3 is 59.0 Å². The van der Waals surface area contributed by atoms with E-state index in [1.54, 1.807) is 29.0 Å². The third-order valence-corrected chi connectivity index (χ3v) is 30.7. The first-order chi connectivity index (χ1) is 34.9. The summed E-state index contributed by atoms with van der Waals surface area (Å²) < 4.78 is 49.1. The molecule has 20 nitrogen and oxygen atoms in total. The maximum Gasteiger partial charge on any atom is 0.320 e. The predicted octanol–water partition coefficient (Wildman–Crippen LogP) is 8.49. The highest BCUT2D eigenvalue weighted by atomic mass is 32.1. The fourth-order valence-corrected chi connectivity index (χ4v) is 12.7. The van der Waals surface area contributed by atoms with Gasteiger partial charge in [-0.05, 0) is 77.3 Å². The Morgan fingerprint density at radius 3 is 1.47 bits per heavy atom. The normalized spacial score (nSPS) is 23.0. The zero-order chi connectivity index (χ0) is 55.1. The van der Waals surface area contributed by atoms with Gasteiger partial charge >= 0.3 is 12.0 Å². The molecule has 8 atom stereocenters. The third kappa shape index (κ3) is 13.1. The minimum atomic E-state index is -2.33. The van der Waals surface area contributed by atoms with Crippen LogP contribution < -0.4 is 20.9 Å². The van der Waals surface area contributed by atoms with E-state index in [-0.39, 0.29) is 51.0 Å². The number of nitrogens with zero attached hydrogens (tertiary/aromatic N) is 8. The summed E-state index contributed by atoms with van der Waals surface area (Å²) in [6, 6.07) is 8.42. The fourth-order valence-electron chi connectivity index (χ4n) is 7.72. The topological polar surface area (TPSA) is 265 Å². The zero-order valence-corrected chi connectivity index (χ0v) is 50.9. The van der Waals surface area contributed by atoms with Crippen LogP contribution in [-0.2, 0) is 35.6 Å². The van der Waals surface area contributed by atoms with E-state index >= 15 is 0 Å². The van der Waals surface area contributed by atoms with Gasteiger partial charge in [-0.2, -0.15) is 19.9 Å². The second-order valence-electron chi connectivity index (χ2n) is 23.8. The number of anilines is 2. The quantitative estimate of drug-likeness (QED) is 0.0505. The molecule has 2 saturated heterocycles. The maximum absolute atomic E-state index is 10.2. The van der Waals surface area contributed by atoms with E-state index in [0.29, 0.717) is 48.6 Å². The number of aliphatic hydroxyl groups is 3. The van der Waals surface area contributed by atoms with Gasteiger partial charge in [0.25, 0.3) is 0 Å². The molecule has 2 aliphatic rings. The molecule has 0 bridgehead atoms. The van der Waals surface area contributed by atoms with Crippen LogP contribution in [0.5, 0.6) is 12.0 Å². The molecule has 8 rings (SSSR count). The van der Waals surface area contributed by atoms with Crippen LogP contribution in [-0.4, -0.2) is 142 Å². The lowest BCUT2D eigenvalue weighted by Crippen LogP contribution is -2.54. The summed E-state index contributed by atoms with van der Waals surface area (Å²) in [7, 11) is -6.72. The van der Waals surface area contributed by atoms with Crippen molar-refractivity contribution in [3.63, 3.8) is 0 Å². The number of aromatic nitrogens is 8. The smallest absolute Gasteiger partial charge is 0.320 e. The Morgan fingerprint density at radius 2 is 1.05 bits per heavy atom. The van der Waals surface area contributed by atoms with Crippen LogP contribution in [0.25, 0.3) is 22.3 Å². The molecular formula is C50H80N10O10S2Si3. The average molecular weight is 1130 g/mol. The van der Waals surface area contributed by atoms with Crippen molar-refractivity contribution in [1.29, 1.82) is 0 Å². The van der Waals surface area contributed by atoms with Crippen LogP contribution in [0.3, 0.4) is 0 Å². The summed E-state index contributed by atoms with van der Waals surface area (Å²) >= 11 is 3.34. The van der Waals surface area contributed by atoms with Gasteiger partial charge in [0.05, 0.1) is 39.1 Å². The van der Waals surface area contributed by atoms with Crippen molar-refractivity contribution in [2.24, 2.45) is 0 Å². The van der Waals surface area contributed by atoms with Crippen molar-refractivity contribution < 1.29 is 47.5 Å². The van der Waals surface area contributed by atoms with Crippen LogP contribution in [0, 0.1) is 0 Å². The molecule has 0 saturated carbocycles. The number of imidazole rings is 2. The van der Waals surface area contributed by atoms with Crippen molar-refractivity contribution in [1.82, 2.24) is 39.0 Å². The molecule has 8 heterocycles. The Morgan fingerprint density at radius 1 is 0.613 bits per heavy atom. The van der Waals surface area contributed by atoms with Gasteiger partial charge in [0.15, 0.2) is 71.4 Å². The lowest BCUT2D eigenvalue weighted by molar-refractivity contribution is -0.0511. The highest BCUT2D eigenvalue weighted by molar-refractivity contribution is 7.10. The molecule has 25 heteroatoms. The van der Waals surface area contributed by atoms with Gasteiger partial charge in [0.1, 0.15) is 36.6 Å². The Labute approximate surface area is 451 Å². The molecule has 75 heavy (non-hydrogen) atoms. The van der Waals surface area contributed by atoms with Crippen molar-refractivity contribution in [2.45, 2.75) is 179 Å². The van der Waals surface area contributed by atoms with Gasteiger partial charge in [-0.1, -0.05) is 74.4 Å². The van der Waals surface area contributed by atoms with Gasteiger partial charge in [-0.15, -0.1) is 22.7 Å². The highest BCUT2D eigenvalue weighted by Gasteiger charge is 2.55. The van der Waals surface area contributed by atoms with E-state index in [1.165, 1.54) is 20.6 Å². The summed E-state index contributed by atoms with van der Waals surface area (Å²) in [5, 5.41) is 33.5. The number of nitrogen functional groups attached to an aromatic ring is 2. The SMILES string of the molecule is CC(C)(C)[Si](C)(C)OC[C@H]1O[C@@H](n2cnc3c(N)nc(OCCc4cccs4)nc32)[C@H](O[Si](C)(C)C(C)(C)C)[C@@H]1O[Si](C)(C)C(C)(C)C.Nc1nc(OCCc2cccs2)nc2c1ncn2[C@@H]1O[C@H](CO)[C@@H](O)[C@H]1O. The van der Waals surface area contributed by atoms with Gasteiger partial charge in [0.2, 0.25) is 0 Å². The summed E-state index contributed by atoms with van der Waals surface area (Å²) in [5.41, 5.74) is 14.1. The lowest BCUT2D eigenvalue weighted by Gasteiger charge is -2.44. The second kappa shape index (κ2) is 22.8. The van der Waals surface area contributed by atoms with Crippen molar-refractivity contribution in [3.05, 3.63) is 57.4 Å². The Hall–Kier alpha value is -3.97. The molecule has 6 aromatic rings. The minimum absolute atomic E-state index is 0.0177. The standard InChI is InChI=1S/C34H61N5O5SSi3.C16H19N5O5S/c1-32(2,3)46(10,11)41-21-24-26(43-47(12,13)33(4,5)6)27(44-48(14,15)34(7,8)9)30(42-24)39-22-36-25-28(35)37-31(38-29(25)39)40-19-18-23-17-16-20-45-23;17-13-10-14(20-16(19-13)25-4-3-8-2-1-5-27-8)21(7-18-10)15-12(24)11(23)9(6-22)26-15/h16-17,20,22,24,26-27,30H,18-19,21H2,1-15H3,(H2,35,37,38);1-2,5,7,9,11-12,15,22-24H,3-4,6H2,(H2,17,19,20)/t24-,26-,27-,30-;9-,11-,12-,15-/m11/s1. The first kappa shape index (κ1) is 58.7. The van der Waals surface area contributed by atoms with E-state index < -0.39 is 68.4 Å². The number of ether oxygens (including phenoxy) is 4. The molecule has 0 spiro atoms. The van der Waals surface area contributed by atoms with E-state index in [4.69, 9.17) is 48.7 Å². The van der Waals surface area contributed by atoms with E-state index in [2.05, 4.69) is 138 Å². The molecular weight excluding hydrogens is 1050 g/mol. The Balaban J connectivity index is 0.000000255. The van der Waals surface area contributed by atoms with Crippen LogP contribution >= 0.6 is 22.7 Å². The monoisotopic (exact) mass is 1130 g/mol. The highest BCUT2D eigenvalue weighted by Crippen LogP contribution is 2.47. The van der Waals surface area contributed by atoms with Gasteiger partial charge in [-0.25, -0.2) is 9.97 Å². The average Bonchev–Trinajstić information content (AvgIpc) is 4.19. The molecule has 0 radical (unpaired) electrons. The number of nitrogens with two attached hydrogens (primary N) is 2. The first-order valence-corrected chi connectivity index (χ1v) is 36.0. The number of fused-ring (bicyclic) bond motifs is 2. The van der Waals surface area contributed by atoms with Crippen LogP contribution in [0.15, 0.2) is 47.7 Å². The molecule has 0 aromatic carbocycles. The zero-order valence-electron chi connectivity index (χ0n) is 46.2. The summed E-state index contributed by atoms with van der Waals surface area (Å²) in [4.78, 5) is 28.9. The minimum Gasteiger partial charge on any atom is -0.463 e. The summed E-state index contributed by atoms with van der Waals surface area (Å²) in [6.45, 7) is 34.8. The van der Waals surface area contributed by atoms with E-state index in [9.17, 15) is 15.3 Å². The van der Waals surface area contributed by atoms with Crippen molar-refractivity contribution in [2.75, 3.05) is 37.9 Å². The molecule has 0 unspecified atom stereocenters. The third-order valence-electron chi connectivity index (χ3n) is 15.4. The molecule has 414 valence electrons. The Kier molecular flexibility index (Phi) is 17.8. The Bertz CT molecular complexity index is 2810. The second-order valence-corrected chi connectivity index (χ2v) is 40.2. The number of aliphatic hydroxyl groups excluding tert-OH is 3. The molecule has 0 aliphatic carbocycles. The lowest BCUT2D eigenvalue weighted by atomic mass is 10.1. The van der Waals surface area contributed by atoms with Gasteiger partial charge in [0, 0.05) is 22.6 Å². The van der Waals surface area contributed by atoms with Crippen molar-refractivity contribution in [3.8, 4) is 12.0 Å². The largest absolute Gasteiger partial charge is 0.463 e. The number of hydrogen-bond donors (Lipinski definition) is 5. The molecule has 7 N–H and O–H groups in total. The van der Waals surface area contributed by atoms with Crippen LogP contribution in [0.4, 0.5) is 11.6 Å². The predicted molar refractivity (Wildman–Crippen MR) is 301 cm³/mol. The summed E-state index contributed by atoms with van der Waals surface area (Å²) in [5.74, 6) is 0.397. The number of thiophene rings is 2.